The Balaban J connectivity index is 1.40. The fourth-order valence-electron chi connectivity index (χ4n) is 6.59. The molecule has 4 atom stereocenters. The average molecular weight is 428 g/mol. The van der Waals surface area contributed by atoms with E-state index in [1.54, 1.807) is 6.20 Å². The van der Waals surface area contributed by atoms with Crippen LogP contribution in [0.3, 0.4) is 0 Å². The summed E-state index contributed by atoms with van der Waals surface area (Å²) in [6.45, 7) is 0.645. The molecule has 2 N–H and O–H groups in total. The number of aliphatic carboxylic acids is 1. The molecule has 4 aliphatic rings. The van der Waals surface area contributed by atoms with Gasteiger partial charge in [-0.3, -0.25) is 9.59 Å². The summed E-state index contributed by atoms with van der Waals surface area (Å²) < 4.78 is 1.52. The van der Waals surface area contributed by atoms with Crippen LogP contribution in [0.2, 0.25) is 5.02 Å². The highest BCUT2D eigenvalue weighted by molar-refractivity contribution is 6.32. The van der Waals surface area contributed by atoms with Gasteiger partial charge in [0.1, 0.15) is 5.02 Å². The number of anilines is 1. The number of nitrogens with one attached hydrogen (secondary N) is 1. The summed E-state index contributed by atoms with van der Waals surface area (Å²) in [5.41, 5.74) is 0.182. The van der Waals surface area contributed by atoms with Gasteiger partial charge in [-0.25, -0.2) is 4.68 Å². The molecule has 2 aromatic rings. The molecule has 6 rings (SSSR count). The number of carboxylic acids is 1. The fourth-order valence-corrected chi connectivity index (χ4v) is 6.79. The molecule has 0 saturated heterocycles. The molecule has 4 fully saturated rings. The van der Waals surface area contributed by atoms with Crippen LogP contribution in [0.1, 0.15) is 44.1 Å². The molecule has 1 aromatic carbocycles. The molecule has 6 nitrogen and oxygen atoms in total. The first-order valence-corrected chi connectivity index (χ1v) is 11.1. The highest BCUT2D eigenvalue weighted by Gasteiger charge is 2.62. The van der Waals surface area contributed by atoms with Gasteiger partial charge in [0.2, 0.25) is 0 Å². The standard InChI is InChI=1S/C23H26ClN3O3/c24-19-18(25-7-6-15-4-2-1-3-5-15)13-26-27(20(19)28)23-11-16-8-17(12-23)10-22(9-16,14-23)21(29)30/h1-5,13,16-17,25H,6-12,14H2,(H,29,30)/t16-,17+,22?,23?. The van der Waals surface area contributed by atoms with Gasteiger partial charge < -0.3 is 10.4 Å². The molecule has 2 unspecified atom stereocenters. The summed E-state index contributed by atoms with van der Waals surface area (Å²) >= 11 is 6.47. The third-order valence-corrected chi connectivity index (χ3v) is 7.79. The highest BCUT2D eigenvalue weighted by Crippen LogP contribution is 2.63. The van der Waals surface area contributed by atoms with Gasteiger partial charge in [-0.2, -0.15) is 5.10 Å². The number of nitrogens with zero attached hydrogens (tertiary/aromatic N) is 2. The Labute approximate surface area is 180 Å². The third-order valence-electron chi connectivity index (χ3n) is 7.42. The zero-order valence-corrected chi connectivity index (χ0v) is 17.6. The number of rotatable bonds is 6. The van der Waals surface area contributed by atoms with E-state index in [1.807, 2.05) is 18.2 Å². The second-order valence-corrected chi connectivity index (χ2v) is 9.90. The van der Waals surface area contributed by atoms with E-state index < -0.39 is 16.9 Å². The minimum absolute atomic E-state index is 0.137. The SMILES string of the molecule is O=C(O)C12C[C@H]3C[C@@H](C1)CC(n1ncc(NCCc4ccccc4)c(Cl)c1=O)(C3)C2. The van der Waals surface area contributed by atoms with Crippen molar-refractivity contribution in [1.82, 2.24) is 9.78 Å². The van der Waals surface area contributed by atoms with Crippen molar-refractivity contribution in [1.29, 1.82) is 0 Å². The second-order valence-electron chi connectivity index (χ2n) is 9.52. The van der Waals surface area contributed by atoms with Crippen molar-refractivity contribution in [2.24, 2.45) is 17.3 Å². The summed E-state index contributed by atoms with van der Waals surface area (Å²) in [7, 11) is 0. The minimum Gasteiger partial charge on any atom is -0.481 e. The van der Waals surface area contributed by atoms with Crippen molar-refractivity contribution < 1.29 is 9.90 Å². The number of aromatic nitrogens is 2. The minimum atomic E-state index is -0.723. The Morgan fingerprint density at radius 3 is 2.57 bits per heavy atom. The van der Waals surface area contributed by atoms with Gasteiger partial charge in [0.15, 0.2) is 0 Å². The zero-order valence-electron chi connectivity index (χ0n) is 16.8. The first-order chi connectivity index (χ1) is 14.4. The van der Waals surface area contributed by atoms with Crippen LogP contribution in [0.4, 0.5) is 5.69 Å². The molecule has 1 aromatic heterocycles. The van der Waals surface area contributed by atoms with Crippen LogP contribution in [0.25, 0.3) is 0 Å². The molecule has 30 heavy (non-hydrogen) atoms. The van der Waals surface area contributed by atoms with E-state index in [9.17, 15) is 14.7 Å². The van der Waals surface area contributed by atoms with E-state index in [2.05, 4.69) is 22.5 Å². The van der Waals surface area contributed by atoms with Gasteiger partial charge in [0.05, 0.1) is 22.8 Å². The lowest BCUT2D eigenvalue weighted by Gasteiger charge is -2.60. The maximum absolute atomic E-state index is 13.2. The van der Waals surface area contributed by atoms with Crippen LogP contribution in [0.5, 0.6) is 0 Å². The molecule has 0 radical (unpaired) electrons. The number of halogens is 1. The monoisotopic (exact) mass is 427 g/mol. The lowest BCUT2D eigenvalue weighted by atomic mass is 9.47. The topological polar surface area (TPSA) is 84.2 Å². The maximum atomic E-state index is 13.2. The molecular formula is C23H26ClN3O3. The normalized spacial score (nSPS) is 31.6. The molecule has 4 aliphatic carbocycles. The Hall–Kier alpha value is -2.34. The van der Waals surface area contributed by atoms with Crippen molar-refractivity contribution in [3.05, 3.63) is 57.5 Å². The van der Waals surface area contributed by atoms with Crippen molar-refractivity contribution in [2.75, 3.05) is 11.9 Å². The fraction of sp³-hybridized carbons (Fsp3) is 0.522. The lowest BCUT2D eigenvalue weighted by molar-refractivity contribution is -0.173. The first-order valence-electron chi connectivity index (χ1n) is 10.7. The Kier molecular flexibility index (Phi) is 4.65. The number of hydrogen-bond donors (Lipinski definition) is 2. The smallest absolute Gasteiger partial charge is 0.309 e. The summed E-state index contributed by atoms with van der Waals surface area (Å²) in [5.74, 6) is -0.0312. The number of carbonyl (C=O) groups is 1. The lowest BCUT2D eigenvalue weighted by Crippen LogP contribution is -2.61. The number of hydrogen-bond acceptors (Lipinski definition) is 4. The van der Waals surface area contributed by atoms with Crippen LogP contribution in [-0.2, 0) is 16.8 Å². The molecule has 0 aliphatic heterocycles. The van der Waals surface area contributed by atoms with E-state index in [4.69, 9.17) is 11.6 Å². The van der Waals surface area contributed by atoms with Crippen LogP contribution in [0.15, 0.2) is 41.3 Å². The van der Waals surface area contributed by atoms with Crippen molar-refractivity contribution in [3.8, 4) is 0 Å². The molecule has 0 amide bonds. The Morgan fingerprint density at radius 2 is 1.90 bits per heavy atom. The predicted molar refractivity (Wildman–Crippen MR) is 115 cm³/mol. The first kappa shape index (κ1) is 19.6. The van der Waals surface area contributed by atoms with E-state index in [1.165, 1.54) is 10.2 Å². The average Bonchev–Trinajstić information content (AvgIpc) is 2.71. The van der Waals surface area contributed by atoms with Crippen LogP contribution in [-0.4, -0.2) is 27.4 Å². The molecule has 158 valence electrons. The summed E-state index contributed by atoms with van der Waals surface area (Å²) in [5, 5.41) is 17.8. The van der Waals surface area contributed by atoms with Crippen molar-refractivity contribution >= 4 is 23.3 Å². The molecular weight excluding hydrogens is 402 g/mol. The largest absolute Gasteiger partial charge is 0.481 e. The van der Waals surface area contributed by atoms with E-state index >= 15 is 0 Å². The van der Waals surface area contributed by atoms with Crippen molar-refractivity contribution in [3.63, 3.8) is 0 Å². The van der Waals surface area contributed by atoms with Crippen molar-refractivity contribution in [2.45, 2.75) is 50.5 Å². The van der Waals surface area contributed by atoms with E-state index in [-0.39, 0.29) is 10.6 Å². The Morgan fingerprint density at radius 1 is 1.20 bits per heavy atom. The highest BCUT2D eigenvalue weighted by atomic mass is 35.5. The second kappa shape index (κ2) is 7.12. The third kappa shape index (κ3) is 3.13. The number of carboxylic acid groups (broad SMARTS) is 1. The molecule has 1 heterocycles. The van der Waals surface area contributed by atoms with Gasteiger partial charge in [-0.1, -0.05) is 41.9 Å². The van der Waals surface area contributed by atoms with E-state index in [0.29, 0.717) is 30.5 Å². The number of benzene rings is 1. The molecule has 7 heteroatoms. The van der Waals surface area contributed by atoms with Gasteiger partial charge in [-0.05, 0) is 62.3 Å². The van der Waals surface area contributed by atoms with Gasteiger partial charge in [-0.15, -0.1) is 0 Å². The summed E-state index contributed by atoms with van der Waals surface area (Å²) in [4.78, 5) is 25.3. The summed E-state index contributed by atoms with van der Waals surface area (Å²) in [6.07, 6.45) is 7.08. The quantitative estimate of drug-likeness (QED) is 0.729. The molecule has 0 spiro atoms. The predicted octanol–water partition coefficient (Wildman–Crippen LogP) is 3.93. The van der Waals surface area contributed by atoms with Gasteiger partial charge in [0, 0.05) is 6.54 Å². The zero-order chi connectivity index (χ0) is 20.9. The molecule has 4 bridgehead atoms. The molecule has 4 saturated carbocycles. The van der Waals surface area contributed by atoms with Crippen LogP contribution >= 0.6 is 11.6 Å². The van der Waals surface area contributed by atoms with Gasteiger partial charge >= 0.3 is 5.97 Å². The van der Waals surface area contributed by atoms with Gasteiger partial charge in [0.25, 0.3) is 5.56 Å². The van der Waals surface area contributed by atoms with Crippen LogP contribution in [0, 0.1) is 17.3 Å². The Bertz CT molecular complexity index is 1020. The van der Waals surface area contributed by atoms with E-state index in [0.717, 1.165) is 38.5 Å². The summed E-state index contributed by atoms with van der Waals surface area (Å²) in [6, 6.07) is 10.1. The van der Waals surface area contributed by atoms with Crippen LogP contribution < -0.4 is 10.9 Å². The maximum Gasteiger partial charge on any atom is 0.309 e.